The number of carbonyl (C=O) groups is 1. The number of nitrogens with one attached hydrogen (secondary N) is 1. The van der Waals surface area contributed by atoms with E-state index in [1.807, 2.05) is 67.6 Å². The number of aryl methyl sites for hydroxylation is 1. The number of rotatable bonds is 5. The van der Waals surface area contributed by atoms with Crippen LogP contribution in [0.15, 0.2) is 77.2 Å². The smallest absolute Gasteiger partial charge is 0.248 e. The lowest BCUT2D eigenvalue weighted by molar-refractivity contribution is -0.111. The first kappa shape index (κ1) is 19.6. The lowest BCUT2D eigenvalue weighted by Crippen LogP contribution is -2.09. The second-order valence-corrected chi connectivity index (χ2v) is 7.66. The molecule has 0 saturated heterocycles. The maximum absolute atomic E-state index is 12.5. The van der Waals surface area contributed by atoms with Gasteiger partial charge in [-0.3, -0.25) is 4.79 Å². The number of nitrogens with zero attached hydrogens (tertiary/aromatic N) is 1. The van der Waals surface area contributed by atoms with Gasteiger partial charge < -0.3 is 9.73 Å². The molecule has 0 saturated carbocycles. The molecule has 0 atom stereocenters. The molecule has 4 heteroatoms. The van der Waals surface area contributed by atoms with Crippen molar-refractivity contribution in [1.82, 2.24) is 4.98 Å². The van der Waals surface area contributed by atoms with Crippen molar-refractivity contribution in [2.75, 3.05) is 5.32 Å². The topological polar surface area (TPSA) is 55.1 Å². The van der Waals surface area contributed by atoms with Gasteiger partial charge in [-0.25, -0.2) is 4.98 Å². The van der Waals surface area contributed by atoms with Crippen LogP contribution in [-0.2, 0) is 4.79 Å². The summed E-state index contributed by atoms with van der Waals surface area (Å²) >= 11 is 0. The maximum Gasteiger partial charge on any atom is 0.248 e. The van der Waals surface area contributed by atoms with Crippen molar-refractivity contribution in [2.24, 2.45) is 0 Å². The molecule has 4 aromatic rings. The molecule has 4 rings (SSSR count). The van der Waals surface area contributed by atoms with Crippen molar-refractivity contribution in [3.8, 4) is 11.5 Å². The Labute approximate surface area is 176 Å². The number of carbonyl (C=O) groups excluding carboxylic acids is 1. The zero-order chi connectivity index (χ0) is 21.1. The second kappa shape index (κ2) is 8.37. The highest BCUT2D eigenvalue weighted by Crippen LogP contribution is 2.28. The summed E-state index contributed by atoms with van der Waals surface area (Å²) in [5.74, 6) is 0.844. The molecule has 4 nitrogen and oxygen atoms in total. The SMILES string of the molecule is Cc1ccc(-c2nc3ccccc3o2)cc1NC(=O)/C=C/c1ccc(C(C)C)cc1. The van der Waals surface area contributed by atoms with Crippen LogP contribution in [0.3, 0.4) is 0 Å². The number of aromatic nitrogens is 1. The summed E-state index contributed by atoms with van der Waals surface area (Å²) in [7, 11) is 0. The number of hydrogen-bond donors (Lipinski definition) is 1. The van der Waals surface area contributed by atoms with Crippen molar-refractivity contribution in [3.05, 3.63) is 89.5 Å². The number of benzene rings is 3. The molecule has 3 aromatic carbocycles. The Balaban J connectivity index is 1.51. The molecule has 0 aliphatic carbocycles. The molecular formula is C26H24N2O2. The largest absolute Gasteiger partial charge is 0.436 e. The van der Waals surface area contributed by atoms with Gasteiger partial charge in [0, 0.05) is 17.3 Å². The van der Waals surface area contributed by atoms with E-state index in [-0.39, 0.29) is 5.91 Å². The van der Waals surface area contributed by atoms with Crippen LogP contribution in [0.4, 0.5) is 5.69 Å². The van der Waals surface area contributed by atoms with E-state index in [1.54, 1.807) is 6.08 Å². The van der Waals surface area contributed by atoms with Gasteiger partial charge in [-0.1, -0.05) is 56.3 Å². The van der Waals surface area contributed by atoms with E-state index in [9.17, 15) is 4.79 Å². The van der Waals surface area contributed by atoms with E-state index < -0.39 is 0 Å². The average Bonchev–Trinajstić information content (AvgIpc) is 3.18. The fourth-order valence-electron chi connectivity index (χ4n) is 3.22. The molecule has 0 spiro atoms. The molecule has 1 amide bonds. The van der Waals surface area contributed by atoms with Gasteiger partial charge in [0.05, 0.1) is 0 Å². The van der Waals surface area contributed by atoms with Crippen molar-refractivity contribution >= 4 is 28.8 Å². The number of para-hydroxylation sites is 2. The summed E-state index contributed by atoms with van der Waals surface area (Å²) < 4.78 is 5.85. The predicted molar refractivity (Wildman–Crippen MR) is 122 cm³/mol. The summed E-state index contributed by atoms with van der Waals surface area (Å²) in [6.45, 7) is 6.28. The van der Waals surface area contributed by atoms with Gasteiger partial charge in [0.2, 0.25) is 11.8 Å². The minimum absolute atomic E-state index is 0.180. The highest BCUT2D eigenvalue weighted by Gasteiger charge is 2.10. The molecule has 0 aliphatic heterocycles. The molecule has 0 radical (unpaired) electrons. The number of oxazole rings is 1. The fourth-order valence-corrected chi connectivity index (χ4v) is 3.22. The monoisotopic (exact) mass is 396 g/mol. The van der Waals surface area contributed by atoms with Crippen LogP contribution in [0.25, 0.3) is 28.6 Å². The Morgan fingerprint density at radius 2 is 1.80 bits per heavy atom. The van der Waals surface area contributed by atoms with E-state index in [2.05, 4.69) is 36.3 Å². The third kappa shape index (κ3) is 4.33. The van der Waals surface area contributed by atoms with Crippen molar-refractivity contribution in [2.45, 2.75) is 26.7 Å². The number of amides is 1. The van der Waals surface area contributed by atoms with Gasteiger partial charge in [0.15, 0.2) is 5.58 Å². The van der Waals surface area contributed by atoms with Crippen LogP contribution in [0, 0.1) is 6.92 Å². The van der Waals surface area contributed by atoms with E-state index in [4.69, 9.17) is 4.42 Å². The summed E-state index contributed by atoms with van der Waals surface area (Å²) in [4.78, 5) is 17.0. The minimum atomic E-state index is -0.180. The average molecular weight is 396 g/mol. The van der Waals surface area contributed by atoms with Gasteiger partial charge in [-0.2, -0.15) is 0 Å². The summed E-state index contributed by atoms with van der Waals surface area (Å²) in [5.41, 5.74) is 6.35. The highest BCUT2D eigenvalue weighted by atomic mass is 16.3. The Kier molecular flexibility index (Phi) is 5.48. The molecule has 0 aliphatic rings. The Hall–Kier alpha value is -3.66. The van der Waals surface area contributed by atoms with E-state index in [0.717, 1.165) is 33.5 Å². The summed E-state index contributed by atoms with van der Waals surface area (Å²) in [5, 5.41) is 2.96. The van der Waals surface area contributed by atoms with Crippen LogP contribution >= 0.6 is 0 Å². The van der Waals surface area contributed by atoms with Crippen molar-refractivity contribution in [3.63, 3.8) is 0 Å². The molecule has 30 heavy (non-hydrogen) atoms. The van der Waals surface area contributed by atoms with E-state index in [0.29, 0.717) is 11.8 Å². The van der Waals surface area contributed by atoms with Crippen LogP contribution in [0.5, 0.6) is 0 Å². The maximum atomic E-state index is 12.5. The molecular weight excluding hydrogens is 372 g/mol. The van der Waals surface area contributed by atoms with E-state index in [1.165, 1.54) is 5.56 Å². The fraction of sp³-hybridized carbons (Fsp3) is 0.154. The normalized spacial score (nSPS) is 11.5. The summed E-state index contributed by atoms with van der Waals surface area (Å²) in [6.07, 6.45) is 3.37. The Bertz CT molecular complexity index is 1180. The molecule has 1 N–H and O–H groups in total. The van der Waals surface area contributed by atoms with Crippen LogP contribution in [0.1, 0.15) is 36.5 Å². The first-order chi connectivity index (χ1) is 14.5. The van der Waals surface area contributed by atoms with E-state index >= 15 is 0 Å². The number of fused-ring (bicyclic) bond motifs is 1. The molecule has 0 bridgehead atoms. The van der Waals surface area contributed by atoms with Crippen molar-refractivity contribution < 1.29 is 9.21 Å². The Morgan fingerprint density at radius 3 is 2.53 bits per heavy atom. The van der Waals surface area contributed by atoms with Gasteiger partial charge in [0.1, 0.15) is 5.52 Å². The highest BCUT2D eigenvalue weighted by molar-refractivity contribution is 6.02. The van der Waals surface area contributed by atoms with Gasteiger partial charge in [-0.05, 0) is 59.9 Å². The third-order valence-corrected chi connectivity index (χ3v) is 5.07. The summed E-state index contributed by atoms with van der Waals surface area (Å²) in [6, 6.07) is 21.7. The second-order valence-electron chi connectivity index (χ2n) is 7.66. The first-order valence-corrected chi connectivity index (χ1v) is 10.1. The van der Waals surface area contributed by atoms with Crippen LogP contribution < -0.4 is 5.32 Å². The zero-order valence-electron chi connectivity index (χ0n) is 17.3. The Morgan fingerprint density at radius 1 is 1.03 bits per heavy atom. The van der Waals surface area contributed by atoms with Crippen molar-refractivity contribution in [1.29, 1.82) is 0 Å². The van der Waals surface area contributed by atoms with Crippen LogP contribution in [-0.4, -0.2) is 10.9 Å². The van der Waals surface area contributed by atoms with Gasteiger partial charge in [-0.15, -0.1) is 0 Å². The quantitative estimate of drug-likeness (QED) is 0.388. The number of hydrogen-bond acceptors (Lipinski definition) is 3. The zero-order valence-corrected chi connectivity index (χ0v) is 17.3. The number of anilines is 1. The van der Waals surface area contributed by atoms with Gasteiger partial charge >= 0.3 is 0 Å². The lowest BCUT2D eigenvalue weighted by atomic mass is 10.0. The standard InChI is InChI=1S/C26H24N2O2/c1-17(2)20-13-9-19(10-14-20)11-15-25(29)27-23-16-21(12-8-18(23)3)26-28-22-6-4-5-7-24(22)30-26/h4-17H,1-3H3,(H,27,29)/b15-11+. The third-order valence-electron chi connectivity index (χ3n) is 5.07. The van der Waals surface area contributed by atoms with Crippen LogP contribution in [0.2, 0.25) is 0 Å². The molecule has 150 valence electrons. The molecule has 1 aromatic heterocycles. The lowest BCUT2D eigenvalue weighted by Gasteiger charge is -2.08. The molecule has 0 fully saturated rings. The first-order valence-electron chi connectivity index (χ1n) is 10.1. The minimum Gasteiger partial charge on any atom is -0.436 e. The molecule has 1 heterocycles. The molecule has 0 unspecified atom stereocenters. The van der Waals surface area contributed by atoms with Gasteiger partial charge in [0.25, 0.3) is 0 Å². The predicted octanol–water partition coefficient (Wildman–Crippen LogP) is 6.58.